The van der Waals surface area contributed by atoms with Crippen molar-refractivity contribution in [2.45, 2.75) is 32.7 Å². The average molecular weight is 470 g/mol. The van der Waals surface area contributed by atoms with E-state index in [0.717, 1.165) is 40.7 Å². The summed E-state index contributed by atoms with van der Waals surface area (Å²) in [6, 6.07) is 12.5. The second kappa shape index (κ2) is 11.7. The minimum atomic E-state index is -0.534. The number of carbonyl (C=O) groups is 1. The highest BCUT2D eigenvalue weighted by molar-refractivity contribution is 8.13. The first-order valence-corrected chi connectivity index (χ1v) is 11.9. The van der Waals surface area contributed by atoms with E-state index in [1.54, 1.807) is 33.1 Å². The highest BCUT2D eigenvalue weighted by atomic mass is 32.2. The molecule has 1 amide bonds. The number of thioether (sulfide) groups is 1. The van der Waals surface area contributed by atoms with Crippen molar-refractivity contribution >= 4 is 28.5 Å². The molecule has 176 valence electrons. The van der Waals surface area contributed by atoms with Gasteiger partial charge >= 0.3 is 0 Å². The number of nitrogens with one attached hydrogen (secondary N) is 2. The van der Waals surface area contributed by atoms with Gasteiger partial charge in [0.15, 0.2) is 16.7 Å². The molecule has 0 saturated heterocycles. The minimum Gasteiger partial charge on any atom is -0.493 e. The lowest BCUT2D eigenvalue weighted by Crippen LogP contribution is -2.32. The fourth-order valence-corrected chi connectivity index (χ4v) is 4.58. The van der Waals surface area contributed by atoms with Gasteiger partial charge in [-0.1, -0.05) is 43.3 Å². The number of methoxy groups -OCH3 is 3. The van der Waals surface area contributed by atoms with E-state index in [4.69, 9.17) is 19.2 Å². The zero-order valence-corrected chi connectivity index (χ0v) is 20.5. The standard InChI is InChI=1S/C25H31N3O4S/c1-6-7-13-33-25-26-16(2)21(24(29)27-18-11-9-8-10-12-18)22(28-25)17-14-19(30-3)23(32-5)20(15-17)31-4/h8-12,14-15,22H,6-7,13H2,1-5H3,(H,26,28)(H,27,29)/t22-/m1/s1. The number of anilines is 1. The highest BCUT2D eigenvalue weighted by Crippen LogP contribution is 2.43. The van der Waals surface area contributed by atoms with Crippen LogP contribution in [0.15, 0.2) is 58.7 Å². The number of unbranched alkanes of at least 4 members (excludes halogenated alkanes) is 1. The largest absolute Gasteiger partial charge is 0.493 e. The number of carbonyl (C=O) groups excluding carboxylic acids is 1. The van der Waals surface area contributed by atoms with Gasteiger partial charge in [-0.15, -0.1) is 0 Å². The third kappa shape index (κ3) is 5.82. The van der Waals surface area contributed by atoms with Crippen molar-refractivity contribution in [2.24, 2.45) is 4.99 Å². The Morgan fingerprint density at radius 1 is 1.09 bits per heavy atom. The number of para-hydroxylation sites is 1. The molecule has 1 heterocycles. The quantitative estimate of drug-likeness (QED) is 0.494. The summed E-state index contributed by atoms with van der Waals surface area (Å²) in [5.41, 5.74) is 2.79. The Kier molecular flexibility index (Phi) is 8.65. The van der Waals surface area contributed by atoms with E-state index >= 15 is 0 Å². The number of hydrogen-bond acceptors (Lipinski definition) is 7. The van der Waals surface area contributed by atoms with Crippen LogP contribution in [0.25, 0.3) is 0 Å². The van der Waals surface area contributed by atoms with Crippen molar-refractivity contribution in [1.82, 2.24) is 5.32 Å². The summed E-state index contributed by atoms with van der Waals surface area (Å²) in [5, 5.41) is 7.09. The Morgan fingerprint density at radius 3 is 2.33 bits per heavy atom. The molecule has 2 N–H and O–H groups in total. The van der Waals surface area contributed by atoms with Crippen LogP contribution in [-0.4, -0.2) is 38.2 Å². The van der Waals surface area contributed by atoms with E-state index < -0.39 is 6.04 Å². The van der Waals surface area contributed by atoms with Crippen LogP contribution in [0.1, 0.15) is 38.3 Å². The fourth-order valence-electron chi connectivity index (χ4n) is 3.55. The van der Waals surface area contributed by atoms with E-state index in [9.17, 15) is 4.79 Å². The molecule has 2 aromatic carbocycles. The van der Waals surface area contributed by atoms with Gasteiger partial charge in [-0.25, -0.2) is 4.99 Å². The maximum atomic E-state index is 13.4. The van der Waals surface area contributed by atoms with Gasteiger partial charge in [0, 0.05) is 17.1 Å². The molecule has 0 aromatic heterocycles. The number of rotatable bonds is 9. The monoisotopic (exact) mass is 469 g/mol. The number of nitrogens with zero attached hydrogens (tertiary/aromatic N) is 1. The SMILES string of the molecule is CCCCSC1=N[C@H](c2cc(OC)c(OC)c(OC)c2)C(C(=O)Nc2ccccc2)=C(C)N1. The molecule has 1 aliphatic heterocycles. The Hall–Kier alpha value is -3.13. The molecule has 0 aliphatic carbocycles. The first-order chi connectivity index (χ1) is 16.0. The smallest absolute Gasteiger partial charge is 0.255 e. The van der Waals surface area contributed by atoms with Crippen molar-refractivity contribution in [3.05, 3.63) is 59.3 Å². The van der Waals surface area contributed by atoms with Gasteiger partial charge in [0.1, 0.15) is 6.04 Å². The molecule has 7 nitrogen and oxygen atoms in total. The zero-order chi connectivity index (χ0) is 23.8. The van der Waals surface area contributed by atoms with E-state index in [2.05, 4.69) is 17.6 Å². The van der Waals surface area contributed by atoms with Crippen LogP contribution < -0.4 is 24.8 Å². The second-order valence-electron chi connectivity index (χ2n) is 7.48. The predicted octanol–water partition coefficient (Wildman–Crippen LogP) is 5.16. The van der Waals surface area contributed by atoms with Crippen LogP contribution in [0, 0.1) is 0 Å². The van der Waals surface area contributed by atoms with Crippen LogP contribution in [0.2, 0.25) is 0 Å². The van der Waals surface area contributed by atoms with E-state index in [1.165, 1.54) is 0 Å². The first kappa shape index (κ1) is 24.5. The molecule has 0 bridgehead atoms. The number of amidine groups is 1. The molecule has 1 atom stereocenters. The van der Waals surface area contributed by atoms with E-state index in [1.807, 2.05) is 49.4 Å². The van der Waals surface area contributed by atoms with Crippen LogP contribution in [0.5, 0.6) is 17.2 Å². The molecule has 0 fully saturated rings. The first-order valence-electron chi connectivity index (χ1n) is 10.9. The molecule has 0 spiro atoms. The van der Waals surface area contributed by atoms with Crippen molar-refractivity contribution in [3.63, 3.8) is 0 Å². The summed E-state index contributed by atoms with van der Waals surface area (Å²) >= 11 is 1.66. The maximum absolute atomic E-state index is 13.4. The van der Waals surface area contributed by atoms with Crippen molar-refractivity contribution in [1.29, 1.82) is 0 Å². The number of amides is 1. The normalized spacial score (nSPS) is 15.4. The highest BCUT2D eigenvalue weighted by Gasteiger charge is 2.31. The number of ether oxygens (including phenoxy) is 3. The van der Waals surface area contributed by atoms with Gasteiger partial charge in [-0.2, -0.15) is 0 Å². The zero-order valence-electron chi connectivity index (χ0n) is 19.7. The summed E-state index contributed by atoms with van der Waals surface area (Å²) in [5.74, 6) is 2.26. The predicted molar refractivity (Wildman–Crippen MR) is 135 cm³/mol. The van der Waals surface area contributed by atoms with Crippen molar-refractivity contribution in [3.8, 4) is 17.2 Å². The van der Waals surface area contributed by atoms with Crippen LogP contribution in [0.4, 0.5) is 5.69 Å². The van der Waals surface area contributed by atoms with Gasteiger partial charge in [0.05, 0.1) is 26.9 Å². The Labute approximate surface area is 199 Å². The summed E-state index contributed by atoms with van der Waals surface area (Å²) in [7, 11) is 4.71. The number of benzene rings is 2. The minimum absolute atomic E-state index is 0.216. The van der Waals surface area contributed by atoms with Crippen LogP contribution >= 0.6 is 11.8 Å². The number of hydrogen-bond donors (Lipinski definition) is 2. The lowest BCUT2D eigenvalue weighted by molar-refractivity contribution is -0.113. The van der Waals surface area contributed by atoms with Gasteiger partial charge in [-0.05, 0) is 43.2 Å². The fraction of sp³-hybridized carbons (Fsp3) is 0.360. The van der Waals surface area contributed by atoms with Crippen LogP contribution in [-0.2, 0) is 4.79 Å². The third-order valence-electron chi connectivity index (χ3n) is 5.23. The molecule has 8 heteroatoms. The number of aliphatic imine (C=N–C) groups is 1. The summed E-state index contributed by atoms with van der Waals surface area (Å²) in [4.78, 5) is 18.3. The molecular weight excluding hydrogens is 438 g/mol. The summed E-state index contributed by atoms with van der Waals surface area (Å²) < 4.78 is 16.6. The van der Waals surface area contributed by atoms with Gasteiger partial charge in [-0.3, -0.25) is 4.79 Å². The lowest BCUT2D eigenvalue weighted by atomic mass is 9.95. The second-order valence-corrected chi connectivity index (χ2v) is 8.56. The Balaban J connectivity index is 2.04. The molecule has 0 radical (unpaired) electrons. The van der Waals surface area contributed by atoms with Crippen LogP contribution in [0.3, 0.4) is 0 Å². The van der Waals surface area contributed by atoms with Crippen molar-refractivity contribution in [2.75, 3.05) is 32.4 Å². The molecule has 0 saturated carbocycles. The topological polar surface area (TPSA) is 81.2 Å². The Morgan fingerprint density at radius 2 is 1.76 bits per heavy atom. The van der Waals surface area contributed by atoms with Gasteiger partial charge in [0.2, 0.25) is 5.75 Å². The maximum Gasteiger partial charge on any atom is 0.255 e. The summed E-state index contributed by atoms with van der Waals surface area (Å²) in [6.07, 6.45) is 2.19. The van der Waals surface area contributed by atoms with Crippen molar-refractivity contribution < 1.29 is 19.0 Å². The Bertz CT molecular complexity index is 1010. The van der Waals surface area contributed by atoms with Gasteiger partial charge < -0.3 is 24.8 Å². The molecule has 33 heavy (non-hydrogen) atoms. The summed E-state index contributed by atoms with van der Waals surface area (Å²) in [6.45, 7) is 4.06. The van der Waals surface area contributed by atoms with Gasteiger partial charge in [0.25, 0.3) is 5.91 Å². The molecular formula is C25H31N3O4S. The molecule has 2 aromatic rings. The molecule has 1 aliphatic rings. The third-order valence-corrected chi connectivity index (χ3v) is 6.21. The number of allylic oxidation sites excluding steroid dienone is 1. The van der Waals surface area contributed by atoms with E-state index in [-0.39, 0.29) is 5.91 Å². The molecule has 3 rings (SSSR count). The molecule has 0 unspecified atom stereocenters. The average Bonchev–Trinajstić information content (AvgIpc) is 2.83. The lowest BCUT2D eigenvalue weighted by Gasteiger charge is -2.27. The van der Waals surface area contributed by atoms with E-state index in [0.29, 0.717) is 22.8 Å².